The van der Waals surface area contributed by atoms with Crippen LogP contribution in [0, 0.1) is 6.92 Å². The molecule has 3 rings (SSSR count). The van der Waals surface area contributed by atoms with Crippen LogP contribution < -0.4 is 14.2 Å². The van der Waals surface area contributed by atoms with Crippen molar-refractivity contribution in [1.82, 2.24) is 4.90 Å². The van der Waals surface area contributed by atoms with Crippen molar-refractivity contribution in [3.63, 3.8) is 0 Å². The molecule has 2 aromatic carbocycles. The molecule has 0 spiro atoms. The van der Waals surface area contributed by atoms with Gasteiger partial charge >= 0.3 is 0 Å². The summed E-state index contributed by atoms with van der Waals surface area (Å²) >= 11 is 0. The van der Waals surface area contributed by atoms with Gasteiger partial charge in [0.2, 0.25) is 0 Å². The van der Waals surface area contributed by atoms with Gasteiger partial charge in [-0.1, -0.05) is 32.0 Å². The Morgan fingerprint density at radius 3 is 2.59 bits per heavy atom. The van der Waals surface area contributed by atoms with E-state index in [2.05, 4.69) is 26.0 Å². The molecule has 144 valence electrons. The van der Waals surface area contributed by atoms with Gasteiger partial charge in [0.25, 0.3) is 5.91 Å². The number of amides is 1. The van der Waals surface area contributed by atoms with Gasteiger partial charge < -0.3 is 19.1 Å². The number of rotatable bonds is 6. The molecule has 5 heteroatoms. The van der Waals surface area contributed by atoms with Crippen LogP contribution in [0.2, 0.25) is 0 Å². The van der Waals surface area contributed by atoms with Crippen LogP contribution in [0.5, 0.6) is 17.2 Å². The van der Waals surface area contributed by atoms with Gasteiger partial charge in [-0.15, -0.1) is 0 Å². The number of aryl methyl sites for hydroxylation is 1. The van der Waals surface area contributed by atoms with Gasteiger partial charge in [-0.2, -0.15) is 0 Å². The SMILES string of the molecule is Cc1ccc(C(C)C)c(OCC(=O)N(C)Cc2ccc3c(c2)OCCO3)c1. The van der Waals surface area contributed by atoms with Gasteiger partial charge in [-0.05, 0) is 47.7 Å². The highest BCUT2D eigenvalue weighted by molar-refractivity contribution is 5.77. The van der Waals surface area contributed by atoms with E-state index in [-0.39, 0.29) is 12.5 Å². The Balaban J connectivity index is 1.61. The molecule has 0 N–H and O–H groups in total. The normalized spacial score (nSPS) is 12.8. The van der Waals surface area contributed by atoms with Crippen molar-refractivity contribution >= 4 is 5.91 Å². The fourth-order valence-corrected chi connectivity index (χ4v) is 3.04. The molecule has 1 aliphatic rings. The summed E-state index contributed by atoms with van der Waals surface area (Å²) in [5.74, 6) is 2.54. The molecule has 5 nitrogen and oxygen atoms in total. The molecule has 0 saturated carbocycles. The number of carbonyl (C=O) groups excluding carboxylic acids is 1. The van der Waals surface area contributed by atoms with Crippen LogP contribution in [0.1, 0.15) is 36.5 Å². The van der Waals surface area contributed by atoms with Crippen molar-refractivity contribution < 1.29 is 19.0 Å². The van der Waals surface area contributed by atoms with Crippen molar-refractivity contribution in [2.75, 3.05) is 26.9 Å². The van der Waals surface area contributed by atoms with E-state index in [1.165, 1.54) is 0 Å². The highest BCUT2D eigenvalue weighted by Crippen LogP contribution is 2.31. The number of nitrogens with zero attached hydrogens (tertiary/aromatic N) is 1. The maximum Gasteiger partial charge on any atom is 0.260 e. The molecule has 1 heterocycles. The van der Waals surface area contributed by atoms with Gasteiger partial charge in [-0.3, -0.25) is 4.79 Å². The maximum absolute atomic E-state index is 12.5. The number of fused-ring (bicyclic) bond motifs is 1. The van der Waals surface area contributed by atoms with Gasteiger partial charge in [-0.25, -0.2) is 0 Å². The van der Waals surface area contributed by atoms with Crippen molar-refractivity contribution in [2.24, 2.45) is 0 Å². The fraction of sp³-hybridized carbons (Fsp3) is 0.409. The van der Waals surface area contributed by atoms with Crippen LogP contribution in [-0.4, -0.2) is 37.7 Å². The number of carbonyl (C=O) groups is 1. The van der Waals surface area contributed by atoms with Gasteiger partial charge in [0.15, 0.2) is 18.1 Å². The third-order valence-corrected chi connectivity index (χ3v) is 4.59. The molecule has 0 aliphatic carbocycles. The molecule has 2 aromatic rings. The molecular weight excluding hydrogens is 342 g/mol. The molecular formula is C22H27NO4. The quantitative estimate of drug-likeness (QED) is 0.774. The lowest BCUT2D eigenvalue weighted by Gasteiger charge is -2.22. The minimum atomic E-state index is -0.0684. The van der Waals surface area contributed by atoms with Crippen molar-refractivity contribution in [1.29, 1.82) is 0 Å². The lowest BCUT2D eigenvalue weighted by atomic mass is 10.0. The van der Waals surface area contributed by atoms with Crippen molar-refractivity contribution in [3.8, 4) is 17.2 Å². The van der Waals surface area contributed by atoms with Crippen LogP contribution in [-0.2, 0) is 11.3 Å². The number of hydrogen-bond acceptors (Lipinski definition) is 4. The summed E-state index contributed by atoms with van der Waals surface area (Å²) in [6.45, 7) is 7.88. The summed E-state index contributed by atoms with van der Waals surface area (Å²) in [5, 5.41) is 0. The first-order valence-electron chi connectivity index (χ1n) is 9.30. The lowest BCUT2D eigenvalue weighted by molar-refractivity contribution is -0.132. The zero-order valence-corrected chi connectivity index (χ0v) is 16.5. The van der Waals surface area contributed by atoms with Gasteiger partial charge in [0.05, 0.1) is 0 Å². The van der Waals surface area contributed by atoms with E-state index >= 15 is 0 Å². The van der Waals surface area contributed by atoms with Gasteiger partial charge in [0, 0.05) is 13.6 Å². The van der Waals surface area contributed by atoms with Crippen LogP contribution in [0.25, 0.3) is 0 Å². The minimum absolute atomic E-state index is 0.0181. The summed E-state index contributed by atoms with van der Waals surface area (Å²) in [4.78, 5) is 14.2. The van der Waals surface area contributed by atoms with Gasteiger partial charge in [0.1, 0.15) is 19.0 Å². The third kappa shape index (κ3) is 4.73. The summed E-state index contributed by atoms with van der Waals surface area (Å²) < 4.78 is 17.0. The smallest absolute Gasteiger partial charge is 0.260 e. The van der Waals surface area contributed by atoms with E-state index in [1.54, 1.807) is 11.9 Å². The second-order valence-corrected chi connectivity index (χ2v) is 7.21. The van der Waals surface area contributed by atoms with Crippen LogP contribution in [0.4, 0.5) is 0 Å². The van der Waals surface area contributed by atoms with Crippen LogP contribution in [0.3, 0.4) is 0 Å². The highest BCUT2D eigenvalue weighted by Gasteiger charge is 2.16. The summed E-state index contributed by atoms with van der Waals surface area (Å²) in [6.07, 6.45) is 0. The maximum atomic E-state index is 12.5. The molecule has 0 atom stereocenters. The molecule has 0 radical (unpaired) electrons. The molecule has 0 aromatic heterocycles. The van der Waals surface area contributed by atoms with Crippen molar-refractivity contribution in [3.05, 3.63) is 53.1 Å². The van der Waals surface area contributed by atoms with Crippen LogP contribution in [0.15, 0.2) is 36.4 Å². The first kappa shape index (κ1) is 19.1. The lowest BCUT2D eigenvalue weighted by Crippen LogP contribution is -2.31. The first-order valence-corrected chi connectivity index (χ1v) is 9.30. The first-order chi connectivity index (χ1) is 12.9. The average Bonchev–Trinajstić information content (AvgIpc) is 2.65. The Morgan fingerprint density at radius 1 is 1.11 bits per heavy atom. The number of benzene rings is 2. The van der Waals surface area contributed by atoms with E-state index in [9.17, 15) is 4.79 Å². The fourth-order valence-electron chi connectivity index (χ4n) is 3.04. The second-order valence-electron chi connectivity index (χ2n) is 7.21. The Bertz CT molecular complexity index is 816. The highest BCUT2D eigenvalue weighted by atomic mass is 16.6. The molecule has 0 bridgehead atoms. The Kier molecular flexibility index (Phi) is 5.89. The molecule has 1 aliphatic heterocycles. The average molecular weight is 369 g/mol. The van der Waals surface area contributed by atoms with E-state index in [0.717, 1.165) is 33.9 Å². The number of likely N-dealkylation sites (N-methyl/N-ethyl adjacent to an activating group) is 1. The summed E-state index contributed by atoms with van der Waals surface area (Å²) in [5.41, 5.74) is 3.22. The largest absolute Gasteiger partial charge is 0.486 e. The predicted octanol–water partition coefficient (Wildman–Crippen LogP) is 3.93. The van der Waals surface area contributed by atoms with E-state index in [4.69, 9.17) is 14.2 Å². The van der Waals surface area contributed by atoms with E-state index < -0.39 is 0 Å². The van der Waals surface area contributed by atoms with E-state index in [0.29, 0.717) is 25.7 Å². The molecule has 0 saturated heterocycles. The zero-order chi connectivity index (χ0) is 19.4. The Labute approximate surface area is 160 Å². The third-order valence-electron chi connectivity index (χ3n) is 4.59. The predicted molar refractivity (Wildman–Crippen MR) is 105 cm³/mol. The van der Waals surface area contributed by atoms with Crippen molar-refractivity contribution in [2.45, 2.75) is 33.2 Å². The molecule has 27 heavy (non-hydrogen) atoms. The Morgan fingerprint density at radius 2 is 1.85 bits per heavy atom. The topological polar surface area (TPSA) is 48.0 Å². The zero-order valence-electron chi connectivity index (χ0n) is 16.5. The standard InChI is InChI=1S/C22H27NO4/c1-15(2)18-7-5-16(3)11-20(18)27-14-22(24)23(4)13-17-6-8-19-21(12-17)26-10-9-25-19/h5-8,11-12,15H,9-10,13-14H2,1-4H3. The second kappa shape index (κ2) is 8.33. The monoisotopic (exact) mass is 369 g/mol. The minimum Gasteiger partial charge on any atom is -0.486 e. The van der Waals surface area contributed by atoms with E-state index in [1.807, 2.05) is 31.2 Å². The number of ether oxygens (including phenoxy) is 3. The molecule has 1 amide bonds. The molecule has 0 fully saturated rings. The summed E-state index contributed by atoms with van der Waals surface area (Å²) in [7, 11) is 1.78. The summed E-state index contributed by atoms with van der Waals surface area (Å²) in [6, 6.07) is 11.9. The van der Waals surface area contributed by atoms with Crippen LogP contribution >= 0.6 is 0 Å². The Hall–Kier alpha value is -2.69. The number of hydrogen-bond donors (Lipinski definition) is 0. The molecule has 0 unspecified atom stereocenters.